The van der Waals surface area contributed by atoms with Crippen LogP contribution in [0.1, 0.15) is 22.9 Å². The Balaban J connectivity index is 2.44. The van der Waals surface area contributed by atoms with Gasteiger partial charge in [0.1, 0.15) is 5.75 Å². The first-order valence-corrected chi connectivity index (χ1v) is 6.88. The molecule has 1 atom stereocenters. The van der Waals surface area contributed by atoms with Crippen molar-refractivity contribution in [3.63, 3.8) is 0 Å². The minimum absolute atomic E-state index is 0.0811. The SMILES string of the molecule is CNC(c1ccc(C)nc1)c1cc(OC)ccc1Br. The molecule has 1 heterocycles. The van der Waals surface area contributed by atoms with E-state index in [0.29, 0.717) is 0 Å². The monoisotopic (exact) mass is 320 g/mol. The van der Waals surface area contributed by atoms with Crippen molar-refractivity contribution in [1.29, 1.82) is 0 Å². The number of ether oxygens (including phenoxy) is 1. The lowest BCUT2D eigenvalue weighted by atomic mass is 10.00. The lowest BCUT2D eigenvalue weighted by molar-refractivity contribution is 0.413. The van der Waals surface area contributed by atoms with Gasteiger partial charge >= 0.3 is 0 Å². The Kier molecular flexibility index (Phi) is 4.56. The van der Waals surface area contributed by atoms with Crippen LogP contribution in [0, 0.1) is 6.92 Å². The molecule has 1 aromatic carbocycles. The van der Waals surface area contributed by atoms with Crippen molar-refractivity contribution in [3.8, 4) is 5.75 Å². The minimum atomic E-state index is 0.0811. The molecule has 0 saturated carbocycles. The van der Waals surface area contributed by atoms with E-state index in [1.165, 1.54) is 0 Å². The van der Waals surface area contributed by atoms with Crippen LogP contribution in [0.15, 0.2) is 41.0 Å². The molecule has 2 rings (SSSR count). The van der Waals surface area contributed by atoms with E-state index in [2.05, 4.69) is 32.3 Å². The molecule has 19 heavy (non-hydrogen) atoms. The van der Waals surface area contributed by atoms with E-state index in [1.54, 1.807) is 7.11 Å². The maximum absolute atomic E-state index is 5.30. The van der Waals surface area contributed by atoms with Gasteiger partial charge in [0.15, 0.2) is 0 Å². The van der Waals surface area contributed by atoms with E-state index in [4.69, 9.17) is 4.74 Å². The first-order chi connectivity index (χ1) is 9.15. The van der Waals surface area contributed by atoms with Crippen molar-refractivity contribution in [2.24, 2.45) is 0 Å². The molecule has 0 amide bonds. The molecule has 0 bridgehead atoms. The largest absolute Gasteiger partial charge is 0.497 e. The second-order valence-corrected chi connectivity index (χ2v) is 5.20. The predicted octanol–water partition coefficient (Wildman–Crippen LogP) is 3.47. The Bertz CT molecular complexity index is 555. The van der Waals surface area contributed by atoms with E-state index in [-0.39, 0.29) is 6.04 Å². The van der Waals surface area contributed by atoms with E-state index >= 15 is 0 Å². The molecule has 1 N–H and O–H groups in total. The van der Waals surface area contributed by atoms with Gasteiger partial charge in [-0.15, -0.1) is 0 Å². The number of benzene rings is 1. The summed E-state index contributed by atoms with van der Waals surface area (Å²) in [5.41, 5.74) is 3.28. The van der Waals surface area contributed by atoms with Gasteiger partial charge in [0.2, 0.25) is 0 Å². The number of aryl methyl sites for hydroxylation is 1. The zero-order valence-electron chi connectivity index (χ0n) is 11.3. The topological polar surface area (TPSA) is 34.2 Å². The molecule has 0 saturated heterocycles. The van der Waals surface area contributed by atoms with Crippen LogP contribution >= 0.6 is 15.9 Å². The number of rotatable bonds is 4. The van der Waals surface area contributed by atoms with Gasteiger partial charge in [0, 0.05) is 16.4 Å². The number of pyridine rings is 1. The van der Waals surface area contributed by atoms with Crippen LogP contribution < -0.4 is 10.1 Å². The molecule has 1 aromatic heterocycles. The molecule has 0 fully saturated rings. The zero-order chi connectivity index (χ0) is 13.8. The molecular formula is C15H17BrN2O. The summed E-state index contributed by atoms with van der Waals surface area (Å²) in [6.07, 6.45) is 1.91. The molecule has 0 radical (unpaired) electrons. The van der Waals surface area contributed by atoms with Crippen molar-refractivity contribution in [2.75, 3.05) is 14.2 Å². The first kappa shape index (κ1) is 14.0. The third-order valence-electron chi connectivity index (χ3n) is 3.07. The third kappa shape index (κ3) is 3.14. The van der Waals surface area contributed by atoms with Gasteiger partial charge in [-0.2, -0.15) is 0 Å². The van der Waals surface area contributed by atoms with Gasteiger partial charge < -0.3 is 10.1 Å². The van der Waals surface area contributed by atoms with E-state index < -0.39 is 0 Å². The van der Waals surface area contributed by atoms with Crippen molar-refractivity contribution < 1.29 is 4.74 Å². The van der Waals surface area contributed by atoms with Gasteiger partial charge in [-0.3, -0.25) is 4.98 Å². The molecule has 0 spiro atoms. The lowest BCUT2D eigenvalue weighted by Crippen LogP contribution is -2.18. The number of methoxy groups -OCH3 is 1. The molecule has 3 nitrogen and oxygen atoms in total. The van der Waals surface area contributed by atoms with Crippen LogP contribution in [0.4, 0.5) is 0 Å². The van der Waals surface area contributed by atoms with E-state index in [0.717, 1.165) is 27.0 Å². The maximum atomic E-state index is 5.30. The highest BCUT2D eigenvalue weighted by atomic mass is 79.9. The molecule has 4 heteroatoms. The highest BCUT2D eigenvalue weighted by Gasteiger charge is 2.16. The summed E-state index contributed by atoms with van der Waals surface area (Å²) < 4.78 is 6.34. The molecular weight excluding hydrogens is 304 g/mol. The molecule has 2 aromatic rings. The van der Waals surface area contributed by atoms with Crippen LogP contribution in [-0.2, 0) is 0 Å². The normalized spacial score (nSPS) is 12.2. The van der Waals surface area contributed by atoms with Crippen LogP contribution in [0.2, 0.25) is 0 Å². The number of hydrogen-bond acceptors (Lipinski definition) is 3. The van der Waals surface area contributed by atoms with Gasteiger partial charge in [0.25, 0.3) is 0 Å². The molecule has 100 valence electrons. The summed E-state index contributed by atoms with van der Waals surface area (Å²) in [7, 11) is 3.62. The number of nitrogens with one attached hydrogen (secondary N) is 1. The summed E-state index contributed by atoms with van der Waals surface area (Å²) in [5.74, 6) is 0.846. The van der Waals surface area contributed by atoms with Crippen LogP contribution in [-0.4, -0.2) is 19.1 Å². The smallest absolute Gasteiger partial charge is 0.119 e. The Morgan fingerprint density at radius 3 is 2.63 bits per heavy atom. The highest BCUT2D eigenvalue weighted by molar-refractivity contribution is 9.10. The first-order valence-electron chi connectivity index (χ1n) is 6.09. The number of aromatic nitrogens is 1. The van der Waals surface area contributed by atoms with Crippen molar-refractivity contribution in [1.82, 2.24) is 10.3 Å². The molecule has 0 aliphatic rings. The number of hydrogen-bond donors (Lipinski definition) is 1. The maximum Gasteiger partial charge on any atom is 0.119 e. The molecule has 1 unspecified atom stereocenters. The average molecular weight is 321 g/mol. The summed E-state index contributed by atoms with van der Waals surface area (Å²) in [6, 6.07) is 10.2. The number of halogens is 1. The lowest BCUT2D eigenvalue weighted by Gasteiger charge is -2.19. The fourth-order valence-electron chi connectivity index (χ4n) is 2.02. The standard InChI is InChI=1S/C15H17BrN2O/c1-10-4-5-11(9-18-10)15(17-2)13-8-12(19-3)6-7-14(13)16/h4-9,15,17H,1-3H3. The summed E-state index contributed by atoms with van der Waals surface area (Å²) in [6.45, 7) is 1.99. The van der Waals surface area contributed by atoms with E-state index in [1.807, 2.05) is 44.4 Å². The molecule has 0 aliphatic carbocycles. The van der Waals surface area contributed by atoms with Crippen molar-refractivity contribution in [3.05, 3.63) is 57.8 Å². The molecule has 0 aliphatic heterocycles. The average Bonchev–Trinajstić information content (AvgIpc) is 2.43. The summed E-state index contributed by atoms with van der Waals surface area (Å²) in [5, 5.41) is 3.32. The zero-order valence-corrected chi connectivity index (χ0v) is 12.9. The van der Waals surface area contributed by atoms with Crippen LogP contribution in [0.25, 0.3) is 0 Å². The van der Waals surface area contributed by atoms with Gasteiger partial charge in [-0.05, 0) is 49.4 Å². The Morgan fingerprint density at radius 1 is 1.26 bits per heavy atom. The summed E-state index contributed by atoms with van der Waals surface area (Å²) in [4.78, 5) is 4.36. The second kappa shape index (κ2) is 6.17. The Hall–Kier alpha value is -1.39. The highest BCUT2D eigenvalue weighted by Crippen LogP contribution is 2.31. The Morgan fingerprint density at radius 2 is 2.05 bits per heavy atom. The minimum Gasteiger partial charge on any atom is -0.497 e. The predicted molar refractivity (Wildman–Crippen MR) is 80.6 cm³/mol. The second-order valence-electron chi connectivity index (χ2n) is 4.34. The van der Waals surface area contributed by atoms with Gasteiger partial charge in [0.05, 0.1) is 13.2 Å². The summed E-state index contributed by atoms with van der Waals surface area (Å²) >= 11 is 3.60. The van der Waals surface area contributed by atoms with Crippen LogP contribution in [0.3, 0.4) is 0 Å². The van der Waals surface area contributed by atoms with Crippen LogP contribution in [0.5, 0.6) is 5.75 Å². The fourth-order valence-corrected chi connectivity index (χ4v) is 2.50. The number of nitrogens with zero attached hydrogens (tertiary/aromatic N) is 1. The third-order valence-corrected chi connectivity index (χ3v) is 3.79. The van der Waals surface area contributed by atoms with Gasteiger partial charge in [-0.1, -0.05) is 22.0 Å². The van der Waals surface area contributed by atoms with E-state index in [9.17, 15) is 0 Å². The van der Waals surface area contributed by atoms with Crippen molar-refractivity contribution in [2.45, 2.75) is 13.0 Å². The van der Waals surface area contributed by atoms with Gasteiger partial charge in [-0.25, -0.2) is 0 Å². The Labute approximate surface area is 122 Å². The van der Waals surface area contributed by atoms with Crippen molar-refractivity contribution >= 4 is 15.9 Å². The fraction of sp³-hybridized carbons (Fsp3) is 0.267. The quantitative estimate of drug-likeness (QED) is 0.936.